The Hall–Kier alpha value is -3.85. The lowest BCUT2D eigenvalue weighted by Gasteiger charge is -2.22. The van der Waals surface area contributed by atoms with Gasteiger partial charge < -0.3 is 9.15 Å². The Morgan fingerprint density at radius 1 is 1.15 bits per heavy atom. The number of carbonyl (C=O) groups is 2. The first-order valence-corrected chi connectivity index (χ1v) is 10.8. The van der Waals surface area contributed by atoms with Crippen LogP contribution in [0.1, 0.15) is 48.7 Å². The van der Waals surface area contributed by atoms with E-state index in [1.165, 1.54) is 24.1 Å². The second-order valence-corrected chi connectivity index (χ2v) is 8.68. The van der Waals surface area contributed by atoms with E-state index < -0.39 is 29.2 Å². The Kier molecular flexibility index (Phi) is 4.86. The van der Waals surface area contributed by atoms with E-state index in [-0.39, 0.29) is 32.3 Å². The van der Waals surface area contributed by atoms with Gasteiger partial charge in [0.15, 0.2) is 10.6 Å². The predicted molar refractivity (Wildman–Crippen MR) is 120 cm³/mol. The lowest BCUT2D eigenvalue weighted by atomic mass is 9.98. The van der Waals surface area contributed by atoms with Crippen molar-refractivity contribution >= 4 is 39.3 Å². The summed E-state index contributed by atoms with van der Waals surface area (Å²) in [5.41, 5.74) is 1.79. The fourth-order valence-electron chi connectivity index (χ4n) is 3.97. The number of hydrogen-bond donors (Lipinski definition) is 0. The van der Waals surface area contributed by atoms with Crippen LogP contribution in [0, 0.1) is 19.7 Å². The van der Waals surface area contributed by atoms with Gasteiger partial charge in [-0.25, -0.2) is 14.2 Å². The lowest BCUT2D eigenvalue weighted by molar-refractivity contribution is 0.0605. The third kappa shape index (κ3) is 3.23. The second kappa shape index (κ2) is 7.63. The molecule has 2 aromatic heterocycles. The normalized spacial score (nSPS) is 15.2. The van der Waals surface area contributed by atoms with Crippen LogP contribution in [0.5, 0.6) is 0 Å². The standard InChI is InChI=1S/C24H17FN2O5S/c1-11-4-6-13(7-5-11)18-17-19(28)15-10-14(25)8-9-16(15)32-20(17)22(29)27(18)24-26-12(2)21(33-24)23(30)31-3/h4-10,18H,1-3H3/t18-/m0/s1. The van der Waals surface area contributed by atoms with Crippen LogP contribution in [0.3, 0.4) is 0 Å². The van der Waals surface area contributed by atoms with E-state index >= 15 is 0 Å². The molecule has 0 unspecified atom stereocenters. The van der Waals surface area contributed by atoms with E-state index in [1.54, 1.807) is 6.92 Å². The summed E-state index contributed by atoms with van der Waals surface area (Å²) in [7, 11) is 1.26. The number of aromatic nitrogens is 1. The van der Waals surface area contributed by atoms with E-state index in [2.05, 4.69) is 4.98 Å². The zero-order valence-corrected chi connectivity index (χ0v) is 18.7. The summed E-state index contributed by atoms with van der Waals surface area (Å²) in [6.07, 6.45) is 0. The summed E-state index contributed by atoms with van der Waals surface area (Å²) in [6.45, 7) is 3.56. The summed E-state index contributed by atoms with van der Waals surface area (Å²) in [4.78, 5) is 45.2. The quantitative estimate of drug-likeness (QED) is 0.414. The van der Waals surface area contributed by atoms with Gasteiger partial charge in [-0.3, -0.25) is 14.5 Å². The molecule has 2 aromatic carbocycles. The van der Waals surface area contributed by atoms with Crippen LogP contribution in [-0.2, 0) is 4.74 Å². The number of rotatable bonds is 3. The van der Waals surface area contributed by atoms with Gasteiger partial charge in [-0.05, 0) is 37.6 Å². The number of thiazole rings is 1. The molecule has 0 fully saturated rings. The van der Waals surface area contributed by atoms with Gasteiger partial charge in [-0.2, -0.15) is 0 Å². The van der Waals surface area contributed by atoms with Crippen LogP contribution in [0.25, 0.3) is 11.0 Å². The van der Waals surface area contributed by atoms with Gasteiger partial charge in [0.1, 0.15) is 16.3 Å². The highest BCUT2D eigenvalue weighted by Crippen LogP contribution is 2.43. The molecule has 0 spiro atoms. The summed E-state index contributed by atoms with van der Waals surface area (Å²) in [6, 6.07) is 10.1. The van der Waals surface area contributed by atoms with Crippen LogP contribution < -0.4 is 10.3 Å². The van der Waals surface area contributed by atoms with Gasteiger partial charge in [-0.1, -0.05) is 41.2 Å². The Morgan fingerprint density at radius 2 is 1.88 bits per heavy atom. The molecule has 3 heterocycles. The van der Waals surface area contributed by atoms with Crippen molar-refractivity contribution in [2.45, 2.75) is 19.9 Å². The van der Waals surface area contributed by atoms with Gasteiger partial charge in [0.05, 0.1) is 29.8 Å². The highest BCUT2D eigenvalue weighted by Gasteiger charge is 2.45. The number of carbonyl (C=O) groups excluding carboxylic acids is 2. The van der Waals surface area contributed by atoms with Gasteiger partial charge in [0, 0.05) is 0 Å². The van der Waals surface area contributed by atoms with Gasteiger partial charge in [0.2, 0.25) is 5.76 Å². The molecule has 4 aromatic rings. The molecule has 5 rings (SSSR count). The van der Waals surface area contributed by atoms with Crippen LogP contribution in [0.4, 0.5) is 9.52 Å². The third-order valence-electron chi connectivity index (χ3n) is 5.59. The third-order valence-corrected chi connectivity index (χ3v) is 6.72. The van der Waals surface area contributed by atoms with Crippen LogP contribution in [0.15, 0.2) is 51.7 Å². The second-order valence-electron chi connectivity index (χ2n) is 7.71. The molecule has 0 N–H and O–H groups in total. The van der Waals surface area contributed by atoms with Crippen LogP contribution in [0.2, 0.25) is 0 Å². The molecule has 1 atom stereocenters. The van der Waals surface area contributed by atoms with E-state index in [0.29, 0.717) is 11.3 Å². The van der Waals surface area contributed by atoms with E-state index in [0.717, 1.165) is 23.0 Å². The molecule has 0 aliphatic carbocycles. The summed E-state index contributed by atoms with van der Waals surface area (Å²) >= 11 is 0.994. The fourth-order valence-corrected chi connectivity index (χ4v) is 4.99. The summed E-state index contributed by atoms with van der Waals surface area (Å²) < 4.78 is 24.5. The molecular formula is C24H17FN2O5S. The Labute approximate surface area is 191 Å². The number of hydrogen-bond acceptors (Lipinski definition) is 7. The number of aryl methyl sites for hydroxylation is 2. The Balaban J connectivity index is 1.78. The monoisotopic (exact) mass is 464 g/mol. The minimum absolute atomic E-state index is 0.0473. The SMILES string of the molecule is COC(=O)c1sc(N2C(=O)c3oc4ccc(F)cc4c(=O)c3[C@@H]2c2ccc(C)cc2)nc1C. The van der Waals surface area contributed by atoms with Gasteiger partial charge in [-0.15, -0.1) is 0 Å². The Morgan fingerprint density at radius 3 is 2.58 bits per heavy atom. The highest BCUT2D eigenvalue weighted by molar-refractivity contribution is 7.17. The highest BCUT2D eigenvalue weighted by atomic mass is 32.1. The molecular weight excluding hydrogens is 447 g/mol. The predicted octanol–water partition coefficient (Wildman–Crippen LogP) is 4.54. The summed E-state index contributed by atoms with van der Waals surface area (Å²) in [5, 5.41) is 0.274. The number of benzene rings is 2. The molecule has 166 valence electrons. The van der Waals surface area contributed by atoms with E-state index in [9.17, 15) is 18.8 Å². The molecule has 1 aliphatic heterocycles. The molecule has 0 bridgehead atoms. The van der Waals surface area contributed by atoms with Crippen molar-refractivity contribution in [1.29, 1.82) is 0 Å². The van der Waals surface area contributed by atoms with Crippen molar-refractivity contribution in [2.75, 3.05) is 12.0 Å². The number of fused-ring (bicyclic) bond motifs is 2. The van der Waals surface area contributed by atoms with Gasteiger partial charge in [0.25, 0.3) is 5.91 Å². The average Bonchev–Trinajstić information content (AvgIpc) is 3.32. The zero-order chi connectivity index (χ0) is 23.4. The smallest absolute Gasteiger partial charge is 0.350 e. The van der Waals surface area contributed by atoms with Crippen molar-refractivity contribution in [1.82, 2.24) is 4.98 Å². The molecule has 0 saturated carbocycles. The van der Waals surface area contributed by atoms with E-state index in [4.69, 9.17) is 9.15 Å². The summed E-state index contributed by atoms with van der Waals surface area (Å²) in [5.74, 6) is -1.84. The number of anilines is 1. The van der Waals surface area contributed by atoms with Crippen molar-refractivity contribution in [3.05, 3.63) is 91.5 Å². The topological polar surface area (TPSA) is 89.7 Å². The minimum atomic E-state index is -0.854. The number of ether oxygens (including phenoxy) is 1. The molecule has 33 heavy (non-hydrogen) atoms. The first kappa shape index (κ1) is 21.0. The number of esters is 1. The number of amides is 1. The molecule has 9 heteroatoms. The number of halogens is 1. The lowest BCUT2D eigenvalue weighted by Crippen LogP contribution is -2.29. The Bertz CT molecular complexity index is 1510. The van der Waals surface area contributed by atoms with Crippen LogP contribution in [-0.4, -0.2) is 24.0 Å². The maximum atomic E-state index is 13.9. The average molecular weight is 464 g/mol. The number of methoxy groups -OCH3 is 1. The van der Waals surface area contributed by atoms with Crippen LogP contribution >= 0.6 is 11.3 Å². The number of nitrogens with zero attached hydrogens (tertiary/aromatic N) is 2. The largest absolute Gasteiger partial charge is 0.465 e. The van der Waals surface area contributed by atoms with Crippen molar-refractivity contribution in [2.24, 2.45) is 0 Å². The molecule has 1 aliphatic rings. The zero-order valence-electron chi connectivity index (χ0n) is 17.8. The van der Waals surface area contributed by atoms with Crippen molar-refractivity contribution in [3.8, 4) is 0 Å². The molecule has 1 amide bonds. The van der Waals surface area contributed by atoms with E-state index in [1.807, 2.05) is 31.2 Å². The minimum Gasteiger partial charge on any atom is -0.465 e. The first-order chi connectivity index (χ1) is 15.8. The van der Waals surface area contributed by atoms with Crippen molar-refractivity contribution < 1.29 is 23.1 Å². The first-order valence-electron chi connectivity index (χ1n) is 10.0. The maximum Gasteiger partial charge on any atom is 0.350 e. The maximum absolute atomic E-state index is 13.9. The molecule has 7 nitrogen and oxygen atoms in total. The fraction of sp³-hybridized carbons (Fsp3) is 0.167. The van der Waals surface area contributed by atoms with Gasteiger partial charge >= 0.3 is 5.97 Å². The van der Waals surface area contributed by atoms with Crippen molar-refractivity contribution in [3.63, 3.8) is 0 Å². The molecule has 0 saturated heterocycles. The molecule has 0 radical (unpaired) electrons.